The molecule has 0 aliphatic carbocycles. The topological polar surface area (TPSA) is 166 Å². The molecule has 1 aliphatic heterocycles. The number of phosphoric acid groups is 1. The molecule has 1 aliphatic rings. The van der Waals surface area contributed by atoms with E-state index in [0.717, 1.165) is 13.2 Å². The molecule has 0 spiro atoms. The average molecular weight is 201 g/mol. The van der Waals surface area contributed by atoms with Crippen LogP contribution in [0.4, 0.5) is 0 Å². The van der Waals surface area contributed by atoms with Crippen LogP contribution in [0.1, 0.15) is 0 Å². The van der Waals surface area contributed by atoms with Crippen LogP contribution in [0.3, 0.4) is 0 Å². The third-order valence-electron chi connectivity index (χ3n) is 0.204. The summed E-state index contributed by atoms with van der Waals surface area (Å²) in [7, 11) is -4.64. The Morgan fingerprint density at radius 2 is 1.42 bits per heavy atom. The van der Waals surface area contributed by atoms with E-state index in [1.54, 1.807) is 0 Å². The van der Waals surface area contributed by atoms with E-state index in [1.807, 2.05) is 0 Å². The lowest BCUT2D eigenvalue weighted by Gasteiger charge is -1.82. The van der Waals surface area contributed by atoms with Crippen molar-refractivity contribution in [3.63, 3.8) is 0 Å². The Morgan fingerprint density at radius 1 is 1.33 bits per heavy atom. The van der Waals surface area contributed by atoms with Crippen LogP contribution in [0, 0.1) is 5.41 Å². The van der Waals surface area contributed by atoms with Gasteiger partial charge in [-0.05, 0) is 0 Å². The third kappa shape index (κ3) is 5620. The summed E-state index contributed by atoms with van der Waals surface area (Å²) in [4.78, 5) is 21.6. The second kappa shape index (κ2) is 7.01. The molecule has 1 heterocycles. The molecule has 0 aromatic rings. The molecule has 0 amide bonds. The van der Waals surface area contributed by atoms with Gasteiger partial charge in [-0.2, -0.15) is 0 Å². The van der Waals surface area contributed by atoms with Crippen molar-refractivity contribution in [1.29, 1.82) is 5.41 Å². The molecule has 0 aromatic heterocycles. The SMILES string of the molecule is C1CO1.N=C(N)N.O=P(O)(O)O. The summed E-state index contributed by atoms with van der Waals surface area (Å²) in [6.07, 6.45) is 0. The van der Waals surface area contributed by atoms with Gasteiger partial charge in [-0.25, -0.2) is 4.57 Å². The van der Waals surface area contributed by atoms with E-state index in [0.29, 0.717) is 0 Å². The molecule has 0 radical (unpaired) electrons. The van der Waals surface area contributed by atoms with Gasteiger partial charge < -0.3 is 30.9 Å². The van der Waals surface area contributed by atoms with Crippen LogP contribution in [-0.4, -0.2) is 33.9 Å². The van der Waals surface area contributed by atoms with E-state index >= 15 is 0 Å². The van der Waals surface area contributed by atoms with Gasteiger partial charge >= 0.3 is 7.82 Å². The van der Waals surface area contributed by atoms with E-state index in [-0.39, 0.29) is 5.96 Å². The van der Waals surface area contributed by atoms with E-state index < -0.39 is 7.82 Å². The summed E-state index contributed by atoms with van der Waals surface area (Å²) < 4.78 is 13.4. The Balaban J connectivity index is 0. The molecule has 0 bridgehead atoms. The molecule has 0 atom stereocenters. The van der Waals surface area contributed by atoms with Crippen molar-refractivity contribution in [2.24, 2.45) is 11.5 Å². The summed E-state index contributed by atoms with van der Waals surface area (Å²) in [5, 5.41) is 6.06. The molecular weight excluding hydrogens is 189 g/mol. The minimum Gasteiger partial charge on any atom is -0.377 e. The summed E-state index contributed by atoms with van der Waals surface area (Å²) >= 11 is 0. The van der Waals surface area contributed by atoms with Gasteiger partial charge in [-0.15, -0.1) is 0 Å². The minimum absolute atomic E-state index is 0.333. The number of ether oxygens (including phenoxy) is 1. The maximum atomic E-state index is 8.88. The second-order valence-corrected chi connectivity index (χ2v) is 2.61. The number of nitrogens with one attached hydrogen (secondary N) is 1. The van der Waals surface area contributed by atoms with Gasteiger partial charge in [0.2, 0.25) is 0 Å². The average Bonchev–Trinajstić information content (AvgIpc) is 2.31. The number of guanidine groups is 1. The zero-order chi connectivity index (χ0) is 10.2. The zero-order valence-electron chi connectivity index (χ0n) is 6.17. The minimum atomic E-state index is -4.64. The van der Waals surface area contributed by atoms with Crippen LogP contribution >= 0.6 is 7.82 Å². The first-order valence-electron chi connectivity index (χ1n) is 2.69. The highest BCUT2D eigenvalue weighted by atomic mass is 31.2. The van der Waals surface area contributed by atoms with Crippen LogP contribution in [0.25, 0.3) is 0 Å². The maximum Gasteiger partial charge on any atom is 0.466 e. The standard InChI is InChI=1S/C2H4O.CH5N3.H3O4P/c1-2-3-1;2-1(3)4;1-5(2,3)4/h1-2H2;(H5,2,3,4);(H3,1,2,3,4). The normalized spacial score (nSPS) is 12.9. The van der Waals surface area contributed by atoms with Gasteiger partial charge in [0, 0.05) is 0 Å². The van der Waals surface area contributed by atoms with E-state index in [2.05, 4.69) is 16.2 Å². The van der Waals surface area contributed by atoms with Gasteiger partial charge in [0.05, 0.1) is 13.2 Å². The van der Waals surface area contributed by atoms with E-state index in [9.17, 15) is 0 Å². The van der Waals surface area contributed by atoms with Gasteiger partial charge in [-0.1, -0.05) is 0 Å². The van der Waals surface area contributed by atoms with Crippen LogP contribution in [0.2, 0.25) is 0 Å². The van der Waals surface area contributed by atoms with Crippen molar-refractivity contribution in [3.05, 3.63) is 0 Å². The molecule has 8 nitrogen and oxygen atoms in total. The Kier molecular flexibility index (Phi) is 8.12. The molecular formula is C3H12N3O5P. The van der Waals surface area contributed by atoms with Crippen molar-refractivity contribution < 1.29 is 24.0 Å². The van der Waals surface area contributed by atoms with Crippen molar-refractivity contribution in [2.75, 3.05) is 13.2 Å². The number of epoxide rings is 1. The Labute approximate surface area is 68.9 Å². The Hall–Kier alpha value is -0.660. The van der Waals surface area contributed by atoms with E-state index in [1.165, 1.54) is 0 Å². The molecule has 1 fully saturated rings. The van der Waals surface area contributed by atoms with Crippen molar-refractivity contribution in [3.8, 4) is 0 Å². The highest BCUT2D eigenvalue weighted by Gasteiger charge is 2.00. The molecule has 0 aromatic carbocycles. The molecule has 8 N–H and O–H groups in total. The molecule has 12 heavy (non-hydrogen) atoms. The van der Waals surface area contributed by atoms with Crippen molar-refractivity contribution in [1.82, 2.24) is 0 Å². The third-order valence-corrected chi connectivity index (χ3v) is 0.204. The van der Waals surface area contributed by atoms with Gasteiger partial charge in [0.25, 0.3) is 0 Å². The van der Waals surface area contributed by atoms with E-state index in [4.69, 9.17) is 24.7 Å². The highest BCUT2D eigenvalue weighted by Crippen LogP contribution is 2.25. The second-order valence-electron chi connectivity index (χ2n) is 1.58. The fourth-order valence-electron chi connectivity index (χ4n) is 0. The molecule has 1 rings (SSSR count). The lowest BCUT2D eigenvalue weighted by Crippen LogP contribution is -2.20. The van der Waals surface area contributed by atoms with Crippen LogP contribution < -0.4 is 11.5 Å². The van der Waals surface area contributed by atoms with Crippen molar-refractivity contribution in [2.45, 2.75) is 0 Å². The molecule has 0 saturated carbocycles. The van der Waals surface area contributed by atoms with Crippen LogP contribution in [0.5, 0.6) is 0 Å². The molecule has 0 unspecified atom stereocenters. The fourth-order valence-corrected chi connectivity index (χ4v) is 0. The lowest BCUT2D eigenvalue weighted by atomic mass is 11.0. The van der Waals surface area contributed by atoms with Crippen LogP contribution in [0.15, 0.2) is 0 Å². The summed E-state index contributed by atoms with van der Waals surface area (Å²) in [5.74, 6) is -0.333. The predicted molar refractivity (Wildman–Crippen MR) is 41.2 cm³/mol. The van der Waals surface area contributed by atoms with Crippen LogP contribution in [-0.2, 0) is 9.30 Å². The summed E-state index contributed by atoms with van der Waals surface area (Å²) in [5.41, 5.74) is 8.94. The van der Waals surface area contributed by atoms with Gasteiger partial charge in [0.15, 0.2) is 5.96 Å². The summed E-state index contributed by atoms with van der Waals surface area (Å²) in [6, 6.07) is 0. The number of rotatable bonds is 0. The first kappa shape index (κ1) is 13.9. The number of nitrogens with two attached hydrogens (primary N) is 2. The molecule has 1 saturated heterocycles. The first-order valence-corrected chi connectivity index (χ1v) is 4.25. The molecule has 74 valence electrons. The fraction of sp³-hybridized carbons (Fsp3) is 0.667. The number of hydrogen-bond acceptors (Lipinski definition) is 3. The maximum absolute atomic E-state index is 8.88. The van der Waals surface area contributed by atoms with Crippen molar-refractivity contribution >= 4 is 13.8 Å². The monoisotopic (exact) mass is 201 g/mol. The Morgan fingerprint density at radius 3 is 1.42 bits per heavy atom. The van der Waals surface area contributed by atoms with Gasteiger partial charge in [0.1, 0.15) is 0 Å². The number of hydrogen-bond donors (Lipinski definition) is 6. The zero-order valence-corrected chi connectivity index (χ0v) is 7.07. The Bertz CT molecular complexity index is 150. The largest absolute Gasteiger partial charge is 0.466 e. The molecule has 9 heteroatoms. The van der Waals surface area contributed by atoms with Gasteiger partial charge in [-0.3, -0.25) is 5.41 Å². The summed E-state index contributed by atoms with van der Waals surface area (Å²) in [6.45, 7) is 2.00. The highest BCUT2D eigenvalue weighted by molar-refractivity contribution is 7.45. The predicted octanol–water partition coefficient (Wildman–Crippen LogP) is -2.07. The first-order chi connectivity index (χ1) is 5.23. The smallest absolute Gasteiger partial charge is 0.377 e. The lowest BCUT2D eigenvalue weighted by molar-refractivity contribution is 0.275. The quantitative estimate of drug-likeness (QED) is 0.113.